The first-order valence-electron chi connectivity index (χ1n) is 7.04. The fourth-order valence-corrected chi connectivity index (χ4v) is 2.42. The van der Waals surface area contributed by atoms with Gasteiger partial charge in [0.05, 0.1) is 4.92 Å². The van der Waals surface area contributed by atoms with Gasteiger partial charge in [0.2, 0.25) is 5.78 Å². The second-order valence-electron chi connectivity index (χ2n) is 4.97. The van der Waals surface area contributed by atoms with Crippen molar-refractivity contribution in [1.29, 1.82) is 0 Å². The highest BCUT2D eigenvalue weighted by Crippen LogP contribution is 2.19. The zero-order chi connectivity index (χ0) is 16.1. The van der Waals surface area contributed by atoms with Crippen LogP contribution in [-0.2, 0) is 11.3 Å². The maximum atomic E-state index is 12.0. The minimum Gasteiger partial charge on any atom is -0.364 e. The number of halogens is 1. The molecule has 1 aromatic rings. The second-order valence-corrected chi connectivity index (χ2v) is 5.35. The molecule has 2 heterocycles. The number of nitro groups is 1. The number of pyridine rings is 1. The number of allylic oxidation sites excluding steroid dienone is 1. The maximum absolute atomic E-state index is 12.0. The Hall–Kier alpha value is -2.15. The van der Waals surface area contributed by atoms with Crippen molar-refractivity contribution in [3.05, 3.63) is 50.7 Å². The first kappa shape index (κ1) is 16.2. The monoisotopic (exact) mass is 324 g/mol. The molecule has 1 aliphatic rings. The largest absolute Gasteiger partial charge is 0.364 e. The highest BCUT2D eigenvalue weighted by Gasteiger charge is 2.32. The van der Waals surface area contributed by atoms with E-state index in [1.165, 1.54) is 0 Å². The normalized spacial score (nSPS) is 16.4. The van der Waals surface area contributed by atoms with Crippen molar-refractivity contribution in [2.24, 2.45) is 0 Å². The van der Waals surface area contributed by atoms with Crippen LogP contribution >= 0.6 is 11.6 Å². The molecule has 22 heavy (non-hydrogen) atoms. The summed E-state index contributed by atoms with van der Waals surface area (Å²) in [6.07, 6.45) is 2.36. The molecule has 1 aromatic heterocycles. The Bertz CT molecular complexity index is 601. The van der Waals surface area contributed by atoms with Gasteiger partial charge in [-0.25, -0.2) is 4.98 Å². The fraction of sp³-hybridized carbons (Fsp3) is 0.429. The molecule has 0 bridgehead atoms. The number of nitrogens with one attached hydrogen (secondary N) is 1. The number of hydrogen-bond donors (Lipinski definition) is 1. The van der Waals surface area contributed by atoms with Crippen LogP contribution in [0.15, 0.2) is 29.8 Å². The third kappa shape index (κ3) is 3.73. The van der Waals surface area contributed by atoms with Gasteiger partial charge in [-0.3, -0.25) is 14.9 Å². The number of aromatic nitrogens is 1. The van der Waals surface area contributed by atoms with Gasteiger partial charge in [-0.1, -0.05) is 24.6 Å². The highest BCUT2D eigenvalue weighted by molar-refractivity contribution is 6.29. The van der Waals surface area contributed by atoms with Crippen LogP contribution in [0.3, 0.4) is 0 Å². The standard InChI is InChI=1S/C14H17ClN4O3/c1-2-3-11(20)13(19(21)22)14-16-6-7-18(14)9-10-4-5-12(15)17-8-10/h4-5,8,16H,2-3,6-7,9H2,1H3/b14-13+. The molecule has 0 atom stereocenters. The minimum atomic E-state index is -0.598. The van der Waals surface area contributed by atoms with Gasteiger partial charge in [-0.15, -0.1) is 0 Å². The average molecular weight is 325 g/mol. The van der Waals surface area contributed by atoms with E-state index >= 15 is 0 Å². The van der Waals surface area contributed by atoms with Crippen LogP contribution in [0.4, 0.5) is 0 Å². The molecule has 8 heteroatoms. The number of carbonyl (C=O) groups excluding carboxylic acids is 1. The lowest BCUT2D eigenvalue weighted by atomic mass is 10.1. The van der Waals surface area contributed by atoms with Crippen molar-refractivity contribution in [2.75, 3.05) is 13.1 Å². The van der Waals surface area contributed by atoms with Crippen LogP contribution in [0.1, 0.15) is 25.3 Å². The number of Topliss-reactive ketones (excluding diaryl/α,β-unsaturated/α-hetero) is 1. The molecule has 0 aliphatic carbocycles. The van der Waals surface area contributed by atoms with Crippen LogP contribution in [0.25, 0.3) is 0 Å². The SMILES string of the molecule is CCCC(=O)/C(=C1/NCCN1Cc1ccc(Cl)nc1)[N+](=O)[O-]. The van der Waals surface area contributed by atoms with Crippen LogP contribution < -0.4 is 5.32 Å². The predicted molar refractivity (Wildman–Crippen MR) is 81.6 cm³/mol. The molecule has 0 saturated carbocycles. The number of rotatable bonds is 6. The fourth-order valence-electron chi connectivity index (χ4n) is 2.31. The van der Waals surface area contributed by atoms with Crippen molar-refractivity contribution in [1.82, 2.24) is 15.2 Å². The van der Waals surface area contributed by atoms with Crippen LogP contribution in [-0.4, -0.2) is 33.7 Å². The van der Waals surface area contributed by atoms with E-state index in [4.69, 9.17) is 11.6 Å². The molecule has 1 fully saturated rings. The molecule has 7 nitrogen and oxygen atoms in total. The molecule has 1 aliphatic heterocycles. The third-order valence-corrected chi connectivity index (χ3v) is 3.52. The molecule has 2 rings (SSSR count). The summed E-state index contributed by atoms with van der Waals surface area (Å²) in [5.41, 5.74) is 0.512. The average Bonchev–Trinajstić information content (AvgIpc) is 2.89. The number of carbonyl (C=O) groups is 1. The molecule has 0 amide bonds. The summed E-state index contributed by atoms with van der Waals surface area (Å²) in [5, 5.41) is 14.6. The van der Waals surface area contributed by atoms with E-state index in [0.717, 1.165) is 5.56 Å². The van der Waals surface area contributed by atoms with Gasteiger partial charge in [0.15, 0.2) is 5.82 Å². The summed E-state index contributed by atoms with van der Waals surface area (Å²) in [5.74, 6) is -0.158. The summed E-state index contributed by atoms with van der Waals surface area (Å²) in [6.45, 7) is 3.41. The molecule has 0 unspecified atom stereocenters. The summed E-state index contributed by atoms with van der Waals surface area (Å²) >= 11 is 5.74. The third-order valence-electron chi connectivity index (χ3n) is 3.30. The van der Waals surface area contributed by atoms with Crippen LogP contribution in [0.5, 0.6) is 0 Å². The van der Waals surface area contributed by atoms with E-state index in [1.807, 2.05) is 13.0 Å². The van der Waals surface area contributed by atoms with Gasteiger partial charge in [0, 0.05) is 32.3 Å². The molecule has 1 N–H and O–H groups in total. The topological polar surface area (TPSA) is 88.4 Å². The van der Waals surface area contributed by atoms with E-state index in [0.29, 0.717) is 37.0 Å². The molecule has 1 saturated heterocycles. The number of nitrogens with zero attached hydrogens (tertiary/aromatic N) is 3. The first-order valence-corrected chi connectivity index (χ1v) is 7.41. The second kappa shape index (κ2) is 7.22. The van der Waals surface area contributed by atoms with Gasteiger partial charge < -0.3 is 10.2 Å². The van der Waals surface area contributed by atoms with Crippen molar-refractivity contribution in [3.8, 4) is 0 Å². The Kier molecular flexibility index (Phi) is 5.32. The summed E-state index contributed by atoms with van der Waals surface area (Å²) in [7, 11) is 0. The Balaban J connectivity index is 2.26. The molecule has 0 spiro atoms. The predicted octanol–water partition coefficient (Wildman–Crippen LogP) is 1.96. The lowest BCUT2D eigenvalue weighted by Gasteiger charge is -2.18. The molecular weight excluding hydrogens is 308 g/mol. The van der Waals surface area contributed by atoms with Gasteiger partial charge in [-0.05, 0) is 18.1 Å². The summed E-state index contributed by atoms with van der Waals surface area (Å²) in [6, 6.07) is 3.48. The quantitative estimate of drug-likeness (QED) is 0.372. The van der Waals surface area contributed by atoms with Gasteiger partial charge in [0.25, 0.3) is 0 Å². The summed E-state index contributed by atoms with van der Waals surface area (Å²) in [4.78, 5) is 28.5. The number of hydrogen-bond acceptors (Lipinski definition) is 6. The van der Waals surface area contributed by atoms with Crippen molar-refractivity contribution < 1.29 is 9.72 Å². The molecule has 118 valence electrons. The maximum Gasteiger partial charge on any atom is 0.351 e. The van der Waals surface area contributed by atoms with Crippen LogP contribution in [0, 0.1) is 10.1 Å². The van der Waals surface area contributed by atoms with Gasteiger partial charge in [-0.2, -0.15) is 0 Å². The number of ketones is 1. The Morgan fingerprint density at radius 2 is 2.32 bits per heavy atom. The molecular formula is C14H17ClN4O3. The van der Waals surface area contributed by atoms with E-state index < -0.39 is 10.7 Å². The van der Waals surface area contributed by atoms with E-state index in [2.05, 4.69) is 10.3 Å². The zero-order valence-corrected chi connectivity index (χ0v) is 13.0. The molecule has 0 radical (unpaired) electrons. The lowest BCUT2D eigenvalue weighted by Crippen LogP contribution is -2.27. The summed E-state index contributed by atoms with van der Waals surface area (Å²) < 4.78 is 0. The Morgan fingerprint density at radius 3 is 2.91 bits per heavy atom. The van der Waals surface area contributed by atoms with Gasteiger partial charge >= 0.3 is 5.70 Å². The Labute approximate surface area is 133 Å². The van der Waals surface area contributed by atoms with Crippen molar-refractivity contribution >= 4 is 17.4 Å². The smallest absolute Gasteiger partial charge is 0.351 e. The van der Waals surface area contributed by atoms with E-state index in [1.54, 1.807) is 17.2 Å². The lowest BCUT2D eigenvalue weighted by molar-refractivity contribution is -0.421. The van der Waals surface area contributed by atoms with Crippen LogP contribution in [0.2, 0.25) is 5.15 Å². The van der Waals surface area contributed by atoms with Crippen molar-refractivity contribution in [2.45, 2.75) is 26.3 Å². The highest BCUT2D eigenvalue weighted by atomic mass is 35.5. The van der Waals surface area contributed by atoms with Gasteiger partial charge in [0.1, 0.15) is 5.15 Å². The molecule has 0 aromatic carbocycles. The zero-order valence-electron chi connectivity index (χ0n) is 12.2. The van der Waals surface area contributed by atoms with Crippen molar-refractivity contribution in [3.63, 3.8) is 0 Å². The first-order chi connectivity index (χ1) is 10.5. The van der Waals surface area contributed by atoms with E-state index in [-0.39, 0.29) is 12.1 Å². The minimum absolute atomic E-state index is 0.165. The Morgan fingerprint density at radius 1 is 1.55 bits per heavy atom. The van der Waals surface area contributed by atoms with E-state index in [9.17, 15) is 14.9 Å².